The minimum absolute atomic E-state index is 0.0596. The molecule has 100 valence electrons. The summed E-state index contributed by atoms with van der Waals surface area (Å²) in [6.07, 6.45) is 2.57. The molecule has 1 aromatic rings. The van der Waals surface area contributed by atoms with E-state index < -0.39 is 11.9 Å². The fraction of sp³-hybridized carbons (Fsp3) is 0.429. The Hall–Kier alpha value is -1.55. The average molecular weight is 279 g/mol. The van der Waals surface area contributed by atoms with Crippen LogP contribution in [0.25, 0.3) is 0 Å². The lowest BCUT2D eigenvalue weighted by atomic mass is 9.91. The Kier molecular flexibility index (Phi) is 2.97. The third-order valence-electron chi connectivity index (χ3n) is 3.81. The lowest BCUT2D eigenvalue weighted by molar-refractivity contribution is -0.141. The van der Waals surface area contributed by atoms with Gasteiger partial charge in [0.25, 0.3) is 0 Å². The lowest BCUT2D eigenvalue weighted by Gasteiger charge is -2.35. The molecule has 1 fully saturated rings. The molecule has 1 aromatic carbocycles. The minimum Gasteiger partial charge on any atom is -0.368 e. The second-order valence-electron chi connectivity index (χ2n) is 5.20. The number of benzene rings is 1. The molecule has 2 amide bonds. The number of nitrogens with zero attached hydrogens (tertiary/aromatic N) is 1. The highest BCUT2D eigenvalue weighted by Crippen LogP contribution is 2.37. The van der Waals surface area contributed by atoms with E-state index in [4.69, 9.17) is 17.3 Å². The molecule has 2 N–H and O–H groups in total. The van der Waals surface area contributed by atoms with E-state index in [0.717, 1.165) is 30.4 Å². The van der Waals surface area contributed by atoms with Crippen LogP contribution in [0.4, 0.5) is 0 Å². The number of hydrogen-bond donors (Lipinski definition) is 1. The third kappa shape index (κ3) is 2.21. The van der Waals surface area contributed by atoms with Gasteiger partial charge in [-0.2, -0.15) is 0 Å². The summed E-state index contributed by atoms with van der Waals surface area (Å²) in [6.45, 7) is 0.538. The molecule has 0 bridgehead atoms. The fourth-order valence-electron chi connectivity index (χ4n) is 2.70. The molecule has 1 saturated carbocycles. The van der Waals surface area contributed by atoms with Crippen LogP contribution in [0.1, 0.15) is 30.0 Å². The number of nitrogens with two attached hydrogens (primary N) is 1. The molecule has 5 heteroatoms. The lowest BCUT2D eigenvalue weighted by Crippen LogP contribution is -2.46. The molecule has 1 aliphatic heterocycles. The predicted molar refractivity (Wildman–Crippen MR) is 71.5 cm³/mol. The van der Waals surface area contributed by atoms with E-state index in [9.17, 15) is 9.59 Å². The van der Waals surface area contributed by atoms with Crippen LogP contribution in [0.15, 0.2) is 18.2 Å². The van der Waals surface area contributed by atoms with E-state index in [0.29, 0.717) is 11.6 Å². The number of primary amides is 1. The summed E-state index contributed by atoms with van der Waals surface area (Å²) in [6, 6.07) is 4.75. The smallest absolute Gasteiger partial charge is 0.244 e. The zero-order valence-corrected chi connectivity index (χ0v) is 11.2. The number of rotatable bonds is 2. The van der Waals surface area contributed by atoms with Crippen LogP contribution in [-0.2, 0) is 16.0 Å². The van der Waals surface area contributed by atoms with Crippen LogP contribution < -0.4 is 5.73 Å². The highest BCUT2D eigenvalue weighted by Gasteiger charge is 2.40. The molecule has 0 spiro atoms. The first-order valence-corrected chi connectivity index (χ1v) is 6.84. The van der Waals surface area contributed by atoms with Gasteiger partial charge < -0.3 is 10.6 Å². The molecule has 1 unspecified atom stereocenters. The molecule has 0 aromatic heterocycles. The summed E-state index contributed by atoms with van der Waals surface area (Å²) in [5, 5.41) is 0.643. The van der Waals surface area contributed by atoms with Crippen molar-refractivity contribution in [2.24, 2.45) is 11.7 Å². The SMILES string of the molecule is NC(=O)C1c2ccc(Cl)cc2CCN1C(=O)C1CC1. The van der Waals surface area contributed by atoms with Crippen molar-refractivity contribution in [1.29, 1.82) is 0 Å². The average Bonchev–Trinajstić information content (AvgIpc) is 3.20. The normalized spacial score (nSPS) is 21.9. The molecular weight excluding hydrogens is 264 g/mol. The number of halogens is 1. The molecule has 2 aliphatic rings. The monoisotopic (exact) mass is 278 g/mol. The summed E-state index contributed by atoms with van der Waals surface area (Å²) in [5.74, 6) is -0.322. The van der Waals surface area contributed by atoms with Crippen LogP contribution >= 0.6 is 11.6 Å². The van der Waals surface area contributed by atoms with Gasteiger partial charge in [0.1, 0.15) is 6.04 Å². The topological polar surface area (TPSA) is 63.4 Å². The molecule has 19 heavy (non-hydrogen) atoms. The van der Waals surface area contributed by atoms with Crippen LogP contribution in [0.2, 0.25) is 5.02 Å². The fourth-order valence-corrected chi connectivity index (χ4v) is 2.90. The van der Waals surface area contributed by atoms with E-state index in [1.54, 1.807) is 17.0 Å². The van der Waals surface area contributed by atoms with Crippen molar-refractivity contribution < 1.29 is 9.59 Å². The minimum atomic E-state index is -0.644. The predicted octanol–water partition coefficient (Wildman–Crippen LogP) is 1.66. The van der Waals surface area contributed by atoms with Gasteiger partial charge in [0.05, 0.1) is 0 Å². The first-order valence-electron chi connectivity index (χ1n) is 6.46. The number of amides is 2. The Morgan fingerprint density at radius 3 is 2.68 bits per heavy atom. The van der Waals surface area contributed by atoms with E-state index in [-0.39, 0.29) is 11.8 Å². The maximum Gasteiger partial charge on any atom is 0.244 e. The van der Waals surface area contributed by atoms with Crippen molar-refractivity contribution in [1.82, 2.24) is 4.90 Å². The summed E-state index contributed by atoms with van der Waals surface area (Å²) in [5.41, 5.74) is 7.33. The van der Waals surface area contributed by atoms with Gasteiger partial charge in [-0.25, -0.2) is 0 Å². The highest BCUT2D eigenvalue weighted by atomic mass is 35.5. The van der Waals surface area contributed by atoms with Gasteiger partial charge in [-0.05, 0) is 42.5 Å². The van der Waals surface area contributed by atoms with Gasteiger partial charge in [0.2, 0.25) is 11.8 Å². The number of fused-ring (bicyclic) bond motifs is 1. The van der Waals surface area contributed by atoms with Crippen molar-refractivity contribution in [3.63, 3.8) is 0 Å². The van der Waals surface area contributed by atoms with Gasteiger partial charge in [-0.3, -0.25) is 9.59 Å². The summed E-state index contributed by atoms with van der Waals surface area (Å²) >= 11 is 5.97. The number of carbonyl (C=O) groups is 2. The van der Waals surface area contributed by atoms with Gasteiger partial charge in [-0.1, -0.05) is 17.7 Å². The van der Waals surface area contributed by atoms with Gasteiger partial charge in [-0.15, -0.1) is 0 Å². The van der Waals surface area contributed by atoms with Gasteiger partial charge >= 0.3 is 0 Å². The number of hydrogen-bond acceptors (Lipinski definition) is 2. The van der Waals surface area contributed by atoms with Gasteiger partial charge in [0.15, 0.2) is 0 Å². The molecule has 1 atom stereocenters. The Bertz CT molecular complexity index is 554. The summed E-state index contributed by atoms with van der Waals surface area (Å²) in [4.78, 5) is 25.6. The Balaban J connectivity index is 1.99. The third-order valence-corrected chi connectivity index (χ3v) is 4.05. The van der Waals surface area contributed by atoms with Crippen molar-refractivity contribution in [3.8, 4) is 0 Å². The molecular formula is C14H15ClN2O2. The zero-order valence-electron chi connectivity index (χ0n) is 10.4. The van der Waals surface area contributed by atoms with Crippen molar-refractivity contribution in [3.05, 3.63) is 34.3 Å². The van der Waals surface area contributed by atoms with Crippen molar-refractivity contribution in [2.75, 3.05) is 6.54 Å². The molecule has 4 nitrogen and oxygen atoms in total. The zero-order chi connectivity index (χ0) is 13.6. The summed E-state index contributed by atoms with van der Waals surface area (Å²) < 4.78 is 0. The molecule has 1 heterocycles. The summed E-state index contributed by atoms with van der Waals surface area (Å²) in [7, 11) is 0. The Morgan fingerprint density at radius 1 is 1.32 bits per heavy atom. The van der Waals surface area contributed by atoms with Gasteiger partial charge in [0, 0.05) is 17.5 Å². The number of carbonyl (C=O) groups excluding carboxylic acids is 2. The molecule has 0 radical (unpaired) electrons. The Labute approximate surface area is 116 Å². The van der Waals surface area contributed by atoms with Crippen molar-refractivity contribution in [2.45, 2.75) is 25.3 Å². The van der Waals surface area contributed by atoms with E-state index in [1.807, 2.05) is 6.07 Å². The molecule has 1 aliphatic carbocycles. The van der Waals surface area contributed by atoms with Crippen LogP contribution in [0.5, 0.6) is 0 Å². The maximum atomic E-state index is 12.2. The second-order valence-corrected chi connectivity index (χ2v) is 5.64. The van der Waals surface area contributed by atoms with Crippen LogP contribution in [0.3, 0.4) is 0 Å². The first kappa shape index (κ1) is 12.5. The van der Waals surface area contributed by atoms with E-state index in [1.165, 1.54) is 0 Å². The quantitative estimate of drug-likeness (QED) is 0.894. The van der Waals surface area contributed by atoms with Crippen molar-refractivity contribution >= 4 is 23.4 Å². The second kappa shape index (κ2) is 4.53. The molecule has 0 saturated heterocycles. The Morgan fingerprint density at radius 2 is 2.05 bits per heavy atom. The molecule has 3 rings (SSSR count). The van der Waals surface area contributed by atoms with Crippen LogP contribution in [0, 0.1) is 5.92 Å². The first-order chi connectivity index (χ1) is 9.08. The van der Waals surface area contributed by atoms with E-state index in [2.05, 4.69) is 0 Å². The van der Waals surface area contributed by atoms with E-state index >= 15 is 0 Å². The largest absolute Gasteiger partial charge is 0.368 e. The standard InChI is InChI=1S/C14H15ClN2O2/c15-10-3-4-11-9(7-10)5-6-17(12(11)13(16)18)14(19)8-1-2-8/h3-4,7-8,12H,1-2,5-6H2,(H2,16,18). The maximum absolute atomic E-state index is 12.2. The highest BCUT2D eigenvalue weighted by molar-refractivity contribution is 6.30. The van der Waals surface area contributed by atoms with Crippen LogP contribution in [-0.4, -0.2) is 23.3 Å².